The number of piperazine rings is 1. The van der Waals surface area contributed by atoms with E-state index in [-0.39, 0.29) is 11.6 Å². The summed E-state index contributed by atoms with van der Waals surface area (Å²) in [5.41, 5.74) is 2.56. The van der Waals surface area contributed by atoms with Gasteiger partial charge < -0.3 is 5.11 Å². The maximum absolute atomic E-state index is 10.3. The van der Waals surface area contributed by atoms with Crippen LogP contribution in [0, 0.1) is 0 Å². The van der Waals surface area contributed by atoms with Crippen molar-refractivity contribution >= 4 is 0 Å². The summed E-state index contributed by atoms with van der Waals surface area (Å²) in [7, 11) is 0. The Bertz CT molecular complexity index is 765. The normalized spacial score (nSPS) is 28.2. The highest BCUT2D eigenvalue weighted by Gasteiger charge is 2.55. The summed E-state index contributed by atoms with van der Waals surface area (Å²) in [5, 5.41) is 10.3. The number of aromatic nitrogens is 2. The van der Waals surface area contributed by atoms with Crippen molar-refractivity contribution in [3.8, 4) is 0 Å². The fourth-order valence-electron chi connectivity index (χ4n) is 5.29. The zero-order chi connectivity index (χ0) is 18.3. The van der Waals surface area contributed by atoms with E-state index in [2.05, 4.69) is 42.9 Å². The fourth-order valence-corrected chi connectivity index (χ4v) is 5.29. The Balaban J connectivity index is 1.30. The fraction of sp³-hybridized carbons (Fsp3) is 0.524. The molecule has 1 spiro atoms. The van der Waals surface area contributed by atoms with Crippen molar-refractivity contribution < 1.29 is 5.11 Å². The van der Waals surface area contributed by atoms with Gasteiger partial charge in [-0.15, -0.1) is 0 Å². The summed E-state index contributed by atoms with van der Waals surface area (Å²) in [6, 6.07) is 10.8. The van der Waals surface area contributed by atoms with E-state index >= 15 is 0 Å². The molecule has 3 fully saturated rings. The van der Waals surface area contributed by atoms with Gasteiger partial charge in [-0.25, -0.2) is 0 Å². The Hall–Kier alpha value is -1.86. The van der Waals surface area contributed by atoms with Gasteiger partial charge in [0.05, 0.1) is 17.3 Å². The predicted molar refractivity (Wildman–Crippen MR) is 103 cm³/mol. The highest BCUT2D eigenvalue weighted by atomic mass is 16.3. The maximum atomic E-state index is 10.3. The monoisotopic (exact) mass is 365 g/mol. The van der Waals surface area contributed by atoms with E-state index in [4.69, 9.17) is 0 Å². The van der Waals surface area contributed by atoms with Crippen molar-refractivity contribution in [2.24, 2.45) is 0 Å². The highest BCUT2D eigenvalue weighted by Crippen LogP contribution is 2.39. The SMILES string of the molecule is O[C@@H]1C[C@H]2CN(Cc3cccnc3)CC3(CN(Cc4ccccn4)C3)N2C1. The second kappa shape index (κ2) is 6.95. The van der Waals surface area contributed by atoms with Crippen LogP contribution in [0.4, 0.5) is 0 Å². The molecule has 27 heavy (non-hydrogen) atoms. The third kappa shape index (κ3) is 3.38. The summed E-state index contributed by atoms with van der Waals surface area (Å²) >= 11 is 0. The number of rotatable bonds is 4. The molecule has 2 aromatic heterocycles. The minimum absolute atomic E-state index is 0.164. The van der Waals surface area contributed by atoms with Gasteiger partial charge in [0, 0.05) is 70.4 Å². The summed E-state index contributed by atoms with van der Waals surface area (Å²) in [4.78, 5) is 16.4. The second-order valence-electron chi connectivity index (χ2n) is 8.42. The molecule has 3 aliphatic heterocycles. The molecule has 3 aliphatic rings. The zero-order valence-corrected chi connectivity index (χ0v) is 15.6. The molecule has 0 bridgehead atoms. The van der Waals surface area contributed by atoms with E-state index in [1.807, 2.05) is 30.7 Å². The van der Waals surface area contributed by atoms with E-state index < -0.39 is 0 Å². The number of hydrogen-bond donors (Lipinski definition) is 1. The van der Waals surface area contributed by atoms with Crippen molar-refractivity contribution in [3.05, 3.63) is 60.2 Å². The molecule has 5 heterocycles. The number of hydrogen-bond acceptors (Lipinski definition) is 6. The molecule has 1 N–H and O–H groups in total. The molecule has 2 aromatic rings. The van der Waals surface area contributed by atoms with Crippen molar-refractivity contribution in [3.63, 3.8) is 0 Å². The van der Waals surface area contributed by atoms with Gasteiger partial charge in [-0.1, -0.05) is 12.1 Å². The molecule has 0 aliphatic carbocycles. The molecule has 0 radical (unpaired) electrons. The van der Waals surface area contributed by atoms with Crippen LogP contribution in [0.5, 0.6) is 0 Å². The van der Waals surface area contributed by atoms with Crippen LogP contribution in [0.3, 0.4) is 0 Å². The van der Waals surface area contributed by atoms with Gasteiger partial charge in [-0.3, -0.25) is 24.7 Å². The van der Waals surface area contributed by atoms with Gasteiger partial charge in [0.25, 0.3) is 0 Å². The smallest absolute Gasteiger partial charge is 0.0682 e. The molecule has 3 saturated heterocycles. The topological polar surface area (TPSA) is 55.7 Å². The van der Waals surface area contributed by atoms with E-state index in [1.165, 1.54) is 5.56 Å². The minimum atomic E-state index is -0.185. The van der Waals surface area contributed by atoms with Crippen molar-refractivity contribution in [1.29, 1.82) is 0 Å². The number of β-amino-alcohol motifs (C(OH)–C–C–N with tert-alkyl or cyclic N) is 1. The van der Waals surface area contributed by atoms with Crippen LogP contribution in [0.15, 0.2) is 48.9 Å². The van der Waals surface area contributed by atoms with Gasteiger partial charge >= 0.3 is 0 Å². The van der Waals surface area contributed by atoms with Crippen molar-refractivity contribution in [2.45, 2.75) is 37.2 Å². The Morgan fingerprint density at radius 3 is 2.67 bits per heavy atom. The highest BCUT2D eigenvalue weighted by molar-refractivity contribution is 5.16. The van der Waals surface area contributed by atoms with Gasteiger partial charge in [0.15, 0.2) is 0 Å². The Morgan fingerprint density at radius 2 is 1.89 bits per heavy atom. The van der Waals surface area contributed by atoms with Gasteiger partial charge in [0.1, 0.15) is 0 Å². The van der Waals surface area contributed by atoms with Crippen LogP contribution in [0.2, 0.25) is 0 Å². The molecular weight excluding hydrogens is 338 g/mol. The van der Waals surface area contributed by atoms with Crippen LogP contribution >= 0.6 is 0 Å². The third-order valence-corrected chi connectivity index (χ3v) is 6.27. The molecule has 6 heteroatoms. The summed E-state index contributed by atoms with van der Waals surface area (Å²) in [6.45, 7) is 6.87. The van der Waals surface area contributed by atoms with E-state index in [0.29, 0.717) is 6.04 Å². The molecule has 0 unspecified atom stereocenters. The summed E-state index contributed by atoms with van der Waals surface area (Å²) < 4.78 is 0. The van der Waals surface area contributed by atoms with Crippen LogP contribution in [-0.2, 0) is 13.1 Å². The van der Waals surface area contributed by atoms with Gasteiger partial charge in [-0.2, -0.15) is 0 Å². The standard InChI is InChI=1S/C21H27N5O/c27-20-8-19-12-24(10-17-4-3-6-22-9-17)14-21(26(19)13-20)15-25(16-21)11-18-5-1-2-7-23-18/h1-7,9,19-20,27H,8,10-16H2/t19-,20+/m0/s1. The lowest BCUT2D eigenvalue weighted by Gasteiger charge is -2.61. The molecule has 5 rings (SSSR count). The lowest BCUT2D eigenvalue weighted by Crippen LogP contribution is -2.77. The Morgan fingerprint density at radius 1 is 1.00 bits per heavy atom. The predicted octanol–water partition coefficient (Wildman–Crippen LogP) is 0.982. The second-order valence-corrected chi connectivity index (χ2v) is 8.42. The van der Waals surface area contributed by atoms with Crippen molar-refractivity contribution in [1.82, 2.24) is 24.7 Å². The molecule has 0 aromatic carbocycles. The first-order chi connectivity index (χ1) is 13.2. The molecule has 0 saturated carbocycles. The van der Waals surface area contributed by atoms with Crippen LogP contribution in [0.1, 0.15) is 17.7 Å². The first-order valence-corrected chi connectivity index (χ1v) is 9.89. The molecule has 6 nitrogen and oxygen atoms in total. The summed E-state index contributed by atoms with van der Waals surface area (Å²) in [6.07, 6.45) is 6.38. The van der Waals surface area contributed by atoms with Crippen molar-refractivity contribution in [2.75, 3.05) is 32.7 Å². The lowest BCUT2D eigenvalue weighted by molar-refractivity contribution is -0.118. The third-order valence-electron chi connectivity index (χ3n) is 6.27. The number of fused-ring (bicyclic) bond motifs is 2. The summed E-state index contributed by atoms with van der Waals surface area (Å²) in [5.74, 6) is 0. The molecule has 2 atom stereocenters. The maximum Gasteiger partial charge on any atom is 0.0682 e. The molecule has 142 valence electrons. The van der Waals surface area contributed by atoms with E-state index in [9.17, 15) is 5.11 Å². The van der Waals surface area contributed by atoms with Crippen LogP contribution in [-0.4, -0.2) is 80.2 Å². The number of pyridine rings is 2. The van der Waals surface area contributed by atoms with Crippen LogP contribution in [0.25, 0.3) is 0 Å². The number of likely N-dealkylation sites (tertiary alicyclic amines) is 1. The van der Waals surface area contributed by atoms with E-state index in [1.54, 1.807) is 0 Å². The number of aliphatic hydroxyl groups excluding tert-OH is 1. The van der Waals surface area contributed by atoms with E-state index in [0.717, 1.165) is 57.9 Å². The number of nitrogens with zero attached hydrogens (tertiary/aromatic N) is 5. The van der Waals surface area contributed by atoms with Crippen LogP contribution < -0.4 is 0 Å². The molecule has 0 amide bonds. The average Bonchev–Trinajstić information content (AvgIpc) is 3.03. The largest absolute Gasteiger partial charge is 0.392 e. The first kappa shape index (κ1) is 17.3. The Kier molecular flexibility index (Phi) is 4.44. The quantitative estimate of drug-likeness (QED) is 0.872. The minimum Gasteiger partial charge on any atom is -0.392 e. The Labute approximate surface area is 160 Å². The first-order valence-electron chi connectivity index (χ1n) is 9.89. The average molecular weight is 365 g/mol. The lowest BCUT2D eigenvalue weighted by atomic mass is 9.83. The van der Waals surface area contributed by atoms with Gasteiger partial charge in [-0.05, 0) is 30.2 Å². The van der Waals surface area contributed by atoms with Gasteiger partial charge in [0.2, 0.25) is 0 Å². The number of aliphatic hydroxyl groups is 1. The zero-order valence-electron chi connectivity index (χ0n) is 15.6. The molecular formula is C21H27N5O.